The number of pyridine rings is 1. The van der Waals surface area contributed by atoms with E-state index in [1.54, 1.807) is 19.2 Å². The molecule has 1 rings (SSSR count). The van der Waals surface area contributed by atoms with Gasteiger partial charge >= 0.3 is 5.97 Å². The lowest BCUT2D eigenvalue weighted by atomic mass is 10.1. The standard InChI is InChI=1S/C13H20N2O3/c1-4-5-10(8-18-3)15-12-11(13(16)17)7-6-9(2)14-12/h6-7,10H,4-5,8H2,1-3H3,(H,14,15)(H,16,17). The molecular weight excluding hydrogens is 232 g/mol. The molecule has 0 radical (unpaired) electrons. The molecule has 1 aromatic heterocycles. The van der Waals surface area contributed by atoms with Crippen molar-refractivity contribution in [3.63, 3.8) is 0 Å². The van der Waals surface area contributed by atoms with E-state index in [0.717, 1.165) is 18.5 Å². The SMILES string of the molecule is CCCC(COC)Nc1nc(C)ccc1C(=O)O. The fourth-order valence-corrected chi connectivity index (χ4v) is 1.78. The molecule has 5 nitrogen and oxygen atoms in total. The number of nitrogens with zero attached hydrogens (tertiary/aromatic N) is 1. The summed E-state index contributed by atoms with van der Waals surface area (Å²) in [4.78, 5) is 15.4. The monoisotopic (exact) mass is 252 g/mol. The zero-order valence-electron chi connectivity index (χ0n) is 11.1. The fraction of sp³-hybridized carbons (Fsp3) is 0.538. The number of carboxylic acids is 1. The minimum Gasteiger partial charge on any atom is -0.478 e. The summed E-state index contributed by atoms with van der Waals surface area (Å²) < 4.78 is 5.12. The molecule has 1 atom stereocenters. The first-order valence-corrected chi connectivity index (χ1v) is 6.04. The first-order valence-electron chi connectivity index (χ1n) is 6.04. The minimum absolute atomic E-state index is 0.0763. The zero-order chi connectivity index (χ0) is 13.5. The van der Waals surface area contributed by atoms with Crippen LogP contribution in [0.5, 0.6) is 0 Å². The largest absolute Gasteiger partial charge is 0.478 e. The lowest BCUT2D eigenvalue weighted by molar-refractivity contribution is 0.0697. The van der Waals surface area contributed by atoms with Crippen molar-refractivity contribution in [1.29, 1.82) is 0 Å². The van der Waals surface area contributed by atoms with Crippen molar-refractivity contribution >= 4 is 11.8 Å². The van der Waals surface area contributed by atoms with E-state index in [0.29, 0.717) is 12.4 Å². The van der Waals surface area contributed by atoms with E-state index in [2.05, 4.69) is 17.2 Å². The van der Waals surface area contributed by atoms with Gasteiger partial charge in [0, 0.05) is 12.8 Å². The smallest absolute Gasteiger partial charge is 0.339 e. The predicted octanol–water partition coefficient (Wildman–Crippen LogP) is 2.32. The van der Waals surface area contributed by atoms with Gasteiger partial charge in [0.2, 0.25) is 0 Å². The number of hydrogen-bond acceptors (Lipinski definition) is 4. The number of methoxy groups -OCH3 is 1. The Morgan fingerprint density at radius 3 is 2.83 bits per heavy atom. The van der Waals surface area contributed by atoms with E-state index < -0.39 is 5.97 Å². The summed E-state index contributed by atoms with van der Waals surface area (Å²) in [6.07, 6.45) is 1.90. The van der Waals surface area contributed by atoms with E-state index in [-0.39, 0.29) is 11.6 Å². The molecule has 0 bridgehead atoms. The van der Waals surface area contributed by atoms with E-state index in [9.17, 15) is 4.79 Å². The number of rotatable bonds is 7. The summed E-state index contributed by atoms with van der Waals surface area (Å²) in [6.45, 7) is 4.44. The van der Waals surface area contributed by atoms with Crippen molar-refractivity contribution in [2.75, 3.05) is 19.0 Å². The number of ether oxygens (including phenoxy) is 1. The van der Waals surface area contributed by atoms with Gasteiger partial charge in [0.05, 0.1) is 12.6 Å². The summed E-state index contributed by atoms with van der Waals surface area (Å²) >= 11 is 0. The number of carbonyl (C=O) groups is 1. The molecule has 1 heterocycles. The van der Waals surface area contributed by atoms with Crippen LogP contribution in [-0.4, -0.2) is 35.8 Å². The quantitative estimate of drug-likeness (QED) is 0.779. The first kappa shape index (κ1) is 14.4. The van der Waals surface area contributed by atoms with E-state index in [1.165, 1.54) is 0 Å². The summed E-state index contributed by atoms with van der Waals surface area (Å²) in [7, 11) is 1.63. The topological polar surface area (TPSA) is 71.5 Å². The molecule has 0 fully saturated rings. The molecule has 0 saturated carbocycles. The van der Waals surface area contributed by atoms with Gasteiger partial charge in [0.1, 0.15) is 11.4 Å². The molecule has 1 aromatic rings. The van der Waals surface area contributed by atoms with Crippen molar-refractivity contribution in [3.05, 3.63) is 23.4 Å². The number of anilines is 1. The Morgan fingerprint density at radius 1 is 1.56 bits per heavy atom. The van der Waals surface area contributed by atoms with Crippen molar-refractivity contribution in [2.24, 2.45) is 0 Å². The molecule has 0 amide bonds. The fourth-order valence-electron chi connectivity index (χ4n) is 1.78. The average Bonchev–Trinajstić information content (AvgIpc) is 2.29. The van der Waals surface area contributed by atoms with Gasteiger partial charge in [-0.1, -0.05) is 13.3 Å². The normalized spacial score (nSPS) is 12.2. The van der Waals surface area contributed by atoms with E-state index in [1.807, 2.05) is 6.92 Å². The summed E-state index contributed by atoms with van der Waals surface area (Å²) in [5.41, 5.74) is 0.980. The second kappa shape index (κ2) is 6.96. The molecule has 100 valence electrons. The number of nitrogens with one attached hydrogen (secondary N) is 1. The highest BCUT2D eigenvalue weighted by Gasteiger charge is 2.15. The van der Waals surface area contributed by atoms with Crippen LogP contribution in [0.25, 0.3) is 0 Å². The molecule has 0 aliphatic heterocycles. The van der Waals surface area contributed by atoms with Crippen molar-refractivity contribution in [2.45, 2.75) is 32.7 Å². The Morgan fingerprint density at radius 2 is 2.28 bits per heavy atom. The molecule has 0 aliphatic rings. The van der Waals surface area contributed by atoms with Crippen LogP contribution in [0.15, 0.2) is 12.1 Å². The molecule has 0 saturated heterocycles. The van der Waals surface area contributed by atoms with Gasteiger partial charge in [0.25, 0.3) is 0 Å². The van der Waals surface area contributed by atoms with Crippen molar-refractivity contribution < 1.29 is 14.6 Å². The molecule has 5 heteroatoms. The molecule has 18 heavy (non-hydrogen) atoms. The van der Waals surface area contributed by atoms with Gasteiger partial charge in [0.15, 0.2) is 0 Å². The second-order valence-electron chi connectivity index (χ2n) is 4.24. The Hall–Kier alpha value is -1.62. The third kappa shape index (κ3) is 4.00. The van der Waals surface area contributed by atoms with Gasteiger partial charge in [-0.15, -0.1) is 0 Å². The lowest BCUT2D eigenvalue weighted by Gasteiger charge is -2.19. The van der Waals surface area contributed by atoms with Gasteiger partial charge in [-0.3, -0.25) is 0 Å². The molecule has 1 unspecified atom stereocenters. The molecule has 2 N–H and O–H groups in total. The highest BCUT2D eigenvalue weighted by molar-refractivity contribution is 5.93. The minimum atomic E-state index is -0.974. The van der Waals surface area contributed by atoms with Gasteiger partial charge < -0.3 is 15.2 Å². The van der Waals surface area contributed by atoms with Crippen LogP contribution in [0.1, 0.15) is 35.8 Å². The van der Waals surface area contributed by atoms with Crippen LogP contribution < -0.4 is 5.32 Å². The molecule has 0 spiro atoms. The van der Waals surface area contributed by atoms with Gasteiger partial charge in [-0.25, -0.2) is 9.78 Å². The van der Waals surface area contributed by atoms with E-state index >= 15 is 0 Å². The summed E-state index contributed by atoms with van der Waals surface area (Å²) in [6, 6.07) is 3.34. The maximum Gasteiger partial charge on any atom is 0.339 e. The van der Waals surface area contributed by atoms with Crippen LogP contribution in [0.4, 0.5) is 5.82 Å². The number of hydrogen-bond donors (Lipinski definition) is 2. The maximum absolute atomic E-state index is 11.1. The lowest BCUT2D eigenvalue weighted by Crippen LogP contribution is -2.26. The number of aryl methyl sites for hydroxylation is 1. The Bertz CT molecular complexity index is 401. The Balaban J connectivity index is 2.92. The highest BCUT2D eigenvalue weighted by atomic mass is 16.5. The van der Waals surface area contributed by atoms with Crippen LogP contribution in [0, 0.1) is 6.92 Å². The maximum atomic E-state index is 11.1. The van der Waals surface area contributed by atoms with E-state index in [4.69, 9.17) is 9.84 Å². The predicted molar refractivity (Wildman–Crippen MR) is 70.1 cm³/mol. The second-order valence-corrected chi connectivity index (χ2v) is 4.24. The van der Waals surface area contributed by atoms with Crippen LogP contribution in [0.2, 0.25) is 0 Å². The summed E-state index contributed by atoms with van der Waals surface area (Å²) in [5, 5.41) is 12.3. The van der Waals surface area contributed by atoms with Crippen molar-refractivity contribution in [1.82, 2.24) is 4.98 Å². The number of carboxylic acid groups (broad SMARTS) is 1. The van der Waals surface area contributed by atoms with Crippen LogP contribution in [0.3, 0.4) is 0 Å². The van der Waals surface area contributed by atoms with Crippen LogP contribution in [-0.2, 0) is 4.74 Å². The Kier molecular flexibility index (Phi) is 5.58. The van der Waals surface area contributed by atoms with Crippen molar-refractivity contribution in [3.8, 4) is 0 Å². The van der Waals surface area contributed by atoms with Crippen LogP contribution >= 0.6 is 0 Å². The molecule has 0 aliphatic carbocycles. The molecule has 0 aromatic carbocycles. The zero-order valence-corrected chi connectivity index (χ0v) is 11.1. The highest BCUT2D eigenvalue weighted by Crippen LogP contribution is 2.16. The number of aromatic nitrogens is 1. The van der Waals surface area contributed by atoms with Gasteiger partial charge in [-0.05, 0) is 25.5 Å². The summed E-state index contributed by atoms with van der Waals surface area (Å²) in [5.74, 6) is -0.560. The third-order valence-corrected chi connectivity index (χ3v) is 2.61. The number of aromatic carboxylic acids is 1. The average molecular weight is 252 g/mol. The molecular formula is C13H20N2O3. The Labute approximate surface area is 107 Å². The first-order chi connectivity index (χ1) is 8.58. The van der Waals surface area contributed by atoms with Gasteiger partial charge in [-0.2, -0.15) is 0 Å². The third-order valence-electron chi connectivity index (χ3n) is 2.61.